The first-order valence-corrected chi connectivity index (χ1v) is 6.66. The Balaban J connectivity index is 2.38. The van der Waals surface area contributed by atoms with Gasteiger partial charge in [-0.2, -0.15) is 5.26 Å². The summed E-state index contributed by atoms with van der Waals surface area (Å²) in [5.41, 5.74) is 1.75. The molecule has 3 nitrogen and oxygen atoms in total. The lowest BCUT2D eigenvalue weighted by molar-refractivity contribution is 0.228. The van der Waals surface area contributed by atoms with E-state index in [-0.39, 0.29) is 12.6 Å². The zero-order valence-corrected chi connectivity index (χ0v) is 11.6. The maximum Gasteiger partial charge on any atom is 0.0991 e. The fourth-order valence-corrected chi connectivity index (χ4v) is 1.89. The number of nitrogens with zero attached hydrogens (tertiary/aromatic N) is 1. The van der Waals surface area contributed by atoms with E-state index in [1.165, 1.54) is 0 Å². The van der Waals surface area contributed by atoms with E-state index < -0.39 is 0 Å². The molecule has 0 heterocycles. The third-order valence-corrected chi connectivity index (χ3v) is 2.85. The predicted molar refractivity (Wildman–Crippen MR) is 78.5 cm³/mol. The Kier molecular flexibility index (Phi) is 6.88. The van der Waals surface area contributed by atoms with E-state index in [2.05, 4.69) is 25.2 Å². The van der Waals surface area contributed by atoms with E-state index in [0.29, 0.717) is 11.5 Å². The van der Waals surface area contributed by atoms with Gasteiger partial charge in [0.1, 0.15) is 0 Å². The van der Waals surface area contributed by atoms with Gasteiger partial charge in [-0.1, -0.05) is 38.1 Å². The summed E-state index contributed by atoms with van der Waals surface area (Å²) in [4.78, 5) is 0. The van der Waals surface area contributed by atoms with Gasteiger partial charge in [0.05, 0.1) is 18.2 Å². The molecule has 0 saturated carbocycles. The van der Waals surface area contributed by atoms with Crippen molar-refractivity contribution < 1.29 is 5.11 Å². The average molecular weight is 258 g/mol. The van der Waals surface area contributed by atoms with E-state index in [1.54, 1.807) is 0 Å². The molecule has 1 rings (SSSR count). The summed E-state index contributed by atoms with van der Waals surface area (Å²) in [5.74, 6) is 0.576. The monoisotopic (exact) mass is 258 g/mol. The molecular weight excluding hydrogens is 236 g/mol. The number of hydrogen-bond acceptors (Lipinski definition) is 3. The molecule has 0 aliphatic rings. The average Bonchev–Trinajstić information content (AvgIpc) is 2.42. The highest BCUT2D eigenvalue weighted by atomic mass is 16.3. The van der Waals surface area contributed by atoms with E-state index in [9.17, 15) is 5.11 Å². The first-order chi connectivity index (χ1) is 9.15. The number of nitrogens with one attached hydrogen (secondary N) is 1. The van der Waals surface area contributed by atoms with Crippen LogP contribution in [0, 0.1) is 17.2 Å². The summed E-state index contributed by atoms with van der Waals surface area (Å²) < 4.78 is 0. The van der Waals surface area contributed by atoms with Crippen LogP contribution in [0.2, 0.25) is 0 Å². The first kappa shape index (κ1) is 15.4. The molecule has 102 valence electrons. The van der Waals surface area contributed by atoms with Gasteiger partial charge in [-0.15, -0.1) is 0 Å². The number of aliphatic hydroxyl groups is 1. The van der Waals surface area contributed by atoms with E-state index in [4.69, 9.17) is 5.26 Å². The molecule has 1 aromatic carbocycles. The molecular formula is C16H22N2O. The minimum absolute atomic E-state index is 0.158. The molecule has 0 aliphatic heterocycles. The summed E-state index contributed by atoms with van der Waals surface area (Å²) in [6.07, 6.45) is 5.02. The van der Waals surface area contributed by atoms with Crippen LogP contribution >= 0.6 is 0 Å². The highest BCUT2D eigenvalue weighted by Crippen LogP contribution is 2.06. The Labute approximate surface area is 115 Å². The maximum atomic E-state index is 9.23. The number of aliphatic hydroxyl groups excluding tert-OH is 1. The van der Waals surface area contributed by atoms with Crippen LogP contribution in [0.1, 0.15) is 31.4 Å². The molecule has 0 bridgehead atoms. The predicted octanol–water partition coefficient (Wildman–Crippen LogP) is 2.57. The highest BCUT2D eigenvalue weighted by Gasteiger charge is 2.07. The van der Waals surface area contributed by atoms with E-state index in [0.717, 1.165) is 18.5 Å². The van der Waals surface area contributed by atoms with Gasteiger partial charge in [-0.3, -0.25) is 0 Å². The molecule has 0 aromatic heterocycles. The zero-order chi connectivity index (χ0) is 14.1. The zero-order valence-electron chi connectivity index (χ0n) is 11.6. The summed E-state index contributed by atoms with van der Waals surface area (Å²) in [7, 11) is 0. The Morgan fingerprint density at radius 1 is 1.32 bits per heavy atom. The lowest BCUT2D eigenvalue weighted by atomic mass is 10.0. The van der Waals surface area contributed by atoms with Gasteiger partial charge in [0.15, 0.2) is 0 Å². The van der Waals surface area contributed by atoms with Crippen LogP contribution in [0.5, 0.6) is 0 Å². The number of nitriles is 1. The van der Waals surface area contributed by atoms with Crippen LogP contribution in [0.25, 0.3) is 6.08 Å². The van der Waals surface area contributed by atoms with Crippen molar-refractivity contribution in [2.24, 2.45) is 5.92 Å². The second-order valence-corrected chi connectivity index (χ2v) is 5.05. The summed E-state index contributed by atoms with van der Waals surface area (Å²) >= 11 is 0. The lowest BCUT2D eigenvalue weighted by Gasteiger charge is -2.16. The fraction of sp³-hybridized carbons (Fsp3) is 0.438. The number of hydrogen-bond donors (Lipinski definition) is 2. The Morgan fingerprint density at radius 3 is 2.53 bits per heavy atom. The minimum atomic E-state index is 0.158. The maximum absolute atomic E-state index is 9.23. The van der Waals surface area contributed by atoms with Gasteiger partial charge in [-0.25, -0.2) is 0 Å². The fourth-order valence-electron chi connectivity index (χ4n) is 1.89. The van der Waals surface area contributed by atoms with E-state index in [1.807, 2.05) is 36.4 Å². The third-order valence-electron chi connectivity index (χ3n) is 2.85. The van der Waals surface area contributed by atoms with Crippen LogP contribution < -0.4 is 5.32 Å². The topological polar surface area (TPSA) is 56.0 Å². The van der Waals surface area contributed by atoms with Crippen LogP contribution in [0.4, 0.5) is 0 Å². The van der Waals surface area contributed by atoms with Gasteiger partial charge in [-0.05, 0) is 30.0 Å². The standard InChI is InChI=1S/C16H22N2O/c1-13(2)10-16(12-19)18-9-3-4-14-5-7-15(11-17)8-6-14/h3-8,13,16,18-19H,9-10,12H2,1-2H3/b4-3+. The molecule has 1 atom stereocenters. The molecule has 0 aliphatic carbocycles. The minimum Gasteiger partial charge on any atom is -0.395 e. The normalized spacial score (nSPS) is 12.8. The molecule has 0 saturated heterocycles. The summed E-state index contributed by atoms with van der Waals surface area (Å²) in [6, 6.07) is 9.72. The molecule has 19 heavy (non-hydrogen) atoms. The van der Waals surface area contributed by atoms with Crippen molar-refractivity contribution >= 4 is 6.08 Å². The van der Waals surface area contributed by atoms with E-state index >= 15 is 0 Å². The lowest BCUT2D eigenvalue weighted by Crippen LogP contribution is -2.33. The number of rotatable bonds is 7. The van der Waals surface area contributed by atoms with Crippen LogP contribution in [0.15, 0.2) is 30.3 Å². The van der Waals surface area contributed by atoms with Gasteiger partial charge in [0.2, 0.25) is 0 Å². The molecule has 0 radical (unpaired) electrons. The van der Waals surface area contributed by atoms with Gasteiger partial charge >= 0.3 is 0 Å². The second-order valence-electron chi connectivity index (χ2n) is 5.05. The molecule has 1 unspecified atom stereocenters. The van der Waals surface area contributed by atoms with Crippen LogP contribution in [0.3, 0.4) is 0 Å². The van der Waals surface area contributed by atoms with Crippen molar-refractivity contribution in [3.63, 3.8) is 0 Å². The Hall–Kier alpha value is -1.63. The molecule has 0 amide bonds. The van der Waals surface area contributed by atoms with Crippen molar-refractivity contribution in [2.45, 2.75) is 26.3 Å². The van der Waals surface area contributed by atoms with Crippen molar-refractivity contribution in [3.05, 3.63) is 41.5 Å². The number of benzene rings is 1. The molecule has 3 heteroatoms. The van der Waals surface area contributed by atoms with Crippen LogP contribution in [-0.2, 0) is 0 Å². The van der Waals surface area contributed by atoms with Crippen LogP contribution in [-0.4, -0.2) is 24.3 Å². The largest absolute Gasteiger partial charge is 0.395 e. The smallest absolute Gasteiger partial charge is 0.0991 e. The van der Waals surface area contributed by atoms with Crippen molar-refractivity contribution in [2.75, 3.05) is 13.2 Å². The Bertz CT molecular complexity index is 429. The van der Waals surface area contributed by atoms with Crippen molar-refractivity contribution in [1.29, 1.82) is 5.26 Å². The second kappa shape index (κ2) is 8.47. The van der Waals surface area contributed by atoms with Crippen molar-refractivity contribution in [3.8, 4) is 6.07 Å². The quantitative estimate of drug-likeness (QED) is 0.790. The SMILES string of the molecule is CC(C)CC(CO)NC/C=C/c1ccc(C#N)cc1. The third kappa shape index (κ3) is 6.19. The van der Waals surface area contributed by atoms with Gasteiger partial charge in [0.25, 0.3) is 0 Å². The van der Waals surface area contributed by atoms with Gasteiger partial charge in [0, 0.05) is 12.6 Å². The first-order valence-electron chi connectivity index (χ1n) is 6.66. The summed E-state index contributed by atoms with van der Waals surface area (Å²) in [5, 5.41) is 21.2. The molecule has 0 fully saturated rings. The molecule has 1 aromatic rings. The Morgan fingerprint density at radius 2 is 2.00 bits per heavy atom. The van der Waals surface area contributed by atoms with Crippen molar-refractivity contribution in [1.82, 2.24) is 5.32 Å². The summed E-state index contributed by atoms with van der Waals surface area (Å²) in [6.45, 7) is 5.20. The molecule has 2 N–H and O–H groups in total. The highest BCUT2D eigenvalue weighted by molar-refractivity contribution is 5.51. The van der Waals surface area contributed by atoms with Gasteiger partial charge < -0.3 is 10.4 Å². The molecule has 0 spiro atoms.